The Kier molecular flexibility index (Phi) is 12.5. The maximum absolute atomic E-state index is 12.5. The van der Waals surface area contributed by atoms with Gasteiger partial charge in [0.1, 0.15) is 16.7 Å². The zero-order chi connectivity index (χ0) is 31.6. The Morgan fingerprint density at radius 1 is 0.929 bits per heavy atom. The van der Waals surface area contributed by atoms with E-state index in [9.17, 15) is 34.6 Å². The Bertz CT molecular complexity index is 1540. The van der Waals surface area contributed by atoms with E-state index in [2.05, 4.69) is 42.1 Å². The molecule has 0 bridgehead atoms. The third kappa shape index (κ3) is 8.78. The van der Waals surface area contributed by atoms with Crippen molar-refractivity contribution in [2.24, 2.45) is 0 Å². The molecule has 0 amide bonds. The normalized spacial score (nSPS) is 10.7. The summed E-state index contributed by atoms with van der Waals surface area (Å²) < 4.78 is 10.8. The zero-order valence-corrected chi connectivity index (χ0v) is 25.9. The molecule has 1 aromatic heterocycles. The zero-order valence-electron chi connectivity index (χ0n) is 22.8. The maximum Gasteiger partial charge on any atom is 0.343 e. The molecular weight excluding hydrogens is 686 g/mol. The van der Waals surface area contributed by atoms with Crippen molar-refractivity contribution in [2.45, 2.75) is 13.8 Å². The summed E-state index contributed by atoms with van der Waals surface area (Å²) in [5, 5.41) is 28.6. The van der Waals surface area contributed by atoms with Crippen molar-refractivity contribution in [3.05, 3.63) is 94.7 Å². The third-order valence-electron chi connectivity index (χ3n) is 5.09. The van der Waals surface area contributed by atoms with Crippen LogP contribution in [0, 0.1) is 20.2 Å². The first kappa shape index (κ1) is 33.8. The first-order chi connectivity index (χ1) is 19.8. The molecule has 42 heavy (non-hydrogen) atoms. The minimum absolute atomic E-state index is 0.0965. The summed E-state index contributed by atoms with van der Waals surface area (Å²) in [5.41, 5.74) is -0.243. The van der Waals surface area contributed by atoms with Gasteiger partial charge in [-0.1, -0.05) is 31.9 Å². The number of carbonyl (C=O) groups excluding carboxylic acids is 3. The van der Waals surface area contributed by atoms with Crippen molar-refractivity contribution in [3.8, 4) is 11.3 Å². The number of halogens is 2. The van der Waals surface area contributed by atoms with Gasteiger partial charge < -0.3 is 14.4 Å². The van der Waals surface area contributed by atoms with E-state index in [1.807, 2.05) is 0 Å². The third-order valence-corrected chi connectivity index (χ3v) is 6.08. The first-order valence-corrected chi connectivity index (χ1v) is 13.6. The van der Waals surface area contributed by atoms with Crippen LogP contribution in [0.1, 0.15) is 34.6 Å². The van der Waals surface area contributed by atoms with Crippen molar-refractivity contribution >= 4 is 61.0 Å². The fraction of sp³-hybridized carbons (Fsp3) is 0.231. The summed E-state index contributed by atoms with van der Waals surface area (Å²) in [4.78, 5) is 58.8. The largest absolute Gasteiger partial charge is 0.462 e. The Hall–Kier alpha value is -4.44. The highest BCUT2D eigenvalue weighted by Crippen LogP contribution is 2.33. The van der Waals surface area contributed by atoms with Crippen LogP contribution in [-0.2, 0) is 14.3 Å². The average Bonchev–Trinajstić information content (AvgIpc) is 3.42. The van der Waals surface area contributed by atoms with Gasteiger partial charge in [-0.2, -0.15) is 5.10 Å². The number of nitrogens with zero attached hydrogens (tertiary/aromatic N) is 4. The van der Waals surface area contributed by atoms with Crippen LogP contribution >= 0.6 is 31.9 Å². The van der Waals surface area contributed by atoms with Crippen LogP contribution in [0.25, 0.3) is 11.3 Å². The molecular formula is C26H25Br2N5O9. The molecule has 2 aromatic carbocycles. The van der Waals surface area contributed by atoms with Gasteiger partial charge in [-0.05, 0) is 38.1 Å². The molecule has 3 rings (SSSR count). The van der Waals surface area contributed by atoms with Crippen molar-refractivity contribution in [2.75, 3.05) is 27.3 Å². The standard InChI is InChI=1S/C14H15BrN2O5.C12H10BrN3O4/c1-4-22-14(19)11(8-16(2)3)13(18)10-6-5-9(15)7-12(10)17(20)21;1-2-20-12(17)9-6-14-15-11(9)8-4-3-7(13)5-10(8)16(18)19/h5-8H,4H2,1-3H3;3-6H,2H2,1H3,(H,14,15). The van der Waals surface area contributed by atoms with Gasteiger partial charge >= 0.3 is 11.9 Å². The Balaban J connectivity index is 0.000000294. The van der Waals surface area contributed by atoms with Crippen molar-refractivity contribution in [1.29, 1.82) is 0 Å². The topological polar surface area (TPSA) is 188 Å². The summed E-state index contributed by atoms with van der Waals surface area (Å²) >= 11 is 6.29. The number of nitro benzene ring substituents is 2. The van der Waals surface area contributed by atoms with Crippen molar-refractivity contribution in [3.63, 3.8) is 0 Å². The highest BCUT2D eigenvalue weighted by molar-refractivity contribution is 9.10. The van der Waals surface area contributed by atoms with Gasteiger partial charge in [-0.15, -0.1) is 0 Å². The molecule has 0 unspecified atom stereocenters. The fourth-order valence-corrected chi connectivity index (χ4v) is 4.08. The number of ketones is 1. The van der Waals surface area contributed by atoms with E-state index in [1.165, 1.54) is 41.6 Å². The second-order valence-electron chi connectivity index (χ2n) is 8.27. The minimum atomic E-state index is -0.821. The number of hydrogen-bond donors (Lipinski definition) is 1. The lowest BCUT2D eigenvalue weighted by molar-refractivity contribution is -0.385. The maximum atomic E-state index is 12.5. The lowest BCUT2D eigenvalue weighted by Crippen LogP contribution is -2.20. The molecule has 222 valence electrons. The molecule has 1 heterocycles. The van der Waals surface area contributed by atoms with Gasteiger partial charge in [0.25, 0.3) is 11.4 Å². The summed E-state index contributed by atoms with van der Waals surface area (Å²) in [7, 11) is 3.25. The van der Waals surface area contributed by atoms with E-state index < -0.39 is 27.6 Å². The van der Waals surface area contributed by atoms with Crippen LogP contribution in [0.2, 0.25) is 0 Å². The van der Waals surface area contributed by atoms with Gasteiger partial charge in [0, 0.05) is 41.4 Å². The SMILES string of the molecule is CCOC(=O)C(=CN(C)C)C(=O)c1ccc(Br)cc1[N+](=O)[O-].CCOC(=O)c1cn[nH]c1-c1ccc(Br)cc1[N+](=O)[O-]. The molecule has 0 spiro atoms. The quantitative estimate of drug-likeness (QED) is 0.0534. The van der Waals surface area contributed by atoms with E-state index in [0.717, 1.165) is 0 Å². The number of ether oxygens (including phenoxy) is 2. The molecule has 14 nitrogen and oxygen atoms in total. The molecule has 1 N–H and O–H groups in total. The number of aromatic nitrogens is 2. The van der Waals surface area contributed by atoms with Crippen LogP contribution < -0.4 is 0 Å². The number of nitro groups is 2. The van der Waals surface area contributed by atoms with Crippen LogP contribution in [0.3, 0.4) is 0 Å². The molecule has 0 atom stereocenters. The minimum Gasteiger partial charge on any atom is -0.462 e. The number of esters is 2. The van der Waals surface area contributed by atoms with Gasteiger partial charge in [0.15, 0.2) is 0 Å². The number of hydrogen-bond acceptors (Lipinski definition) is 11. The van der Waals surface area contributed by atoms with Crippen LogP contribution in [0.15, 0.2) is 63.3 Å². The number of H-pyrrole nitrogens is 1. The summed E-state index contributed by atoms with van der Waals surface area (Å²) in [6, 6.07) is 8.57. The van der Waals surface area contributed by atoms with Crippen molar-refractivity contribution in [1.82, 2.24) is 15.1 Å². The van der Waals surface area contributed by atoms with E-state index in [1.54, 1.807) is 40.1 Å². The first-order valence-electron chi connectivity index (χ1n) is 12.0. The number of benzene rings is 2. The lowest BCUT2D eigenvalue weighted by Gasteiger charge is -2.11. The van der Waals surface area contributed by atoms with Gasteiger partial charge in [-0.3, -0.25) is 30.1 Å². The summed E-state index contributed by atoms with van der Waals surface area (Å²) in [6.45, 7) is 3.60. The fourth-order valence-electron chi connectivity index (χ4n) is 3.39. The molecule has 16 heteroatoms. The molecule has 0 aliphatic rings. The lowest BCUT2D eigenvalue weighted by atomic mass is 10.0. The van der Waals surface area contributed by atoms with E-state index >= 15 is 0 Å². The number of carbonyl (C=O) groups is 3. The molecule has 0 aliphatic heterocycles. The summed E-state index contributed by atoms with van der Waals surface area (Å²) in [6.07, 6.45) is 2.57. The van der Waals surface area contributed by atoms with Gasteiger partial charge in [0.2, 0.25) is 5.78 Å². The Labute approximate surface area is 256 Å². The van der Waals surface area contributed by atoms with Gasteiger partial charge in [0.05, 0.1) is 40.5 Å². The molecule has 0 radical (unpaired) electrons. The average molecular weight is 711 g/mol. The predicted octanol–water partition coefficient (Wildman–Crippen LogP) is 5.47. The number of aromatic amines is 1. The Morgan fingerprint density at radius 2 is 1.50 bits per heavy atom. The number of nitrogens with one attached hydrogen (secondary N) is 1. The predicted molar refractivity (Wildman–Crippen MR) is 158 cm³/mol. The van der Waals surface area contributed by atoms with E-state index in [-0.39, 0.29) is 52.5 Å². The number of rotatable bonds is 10. The highest BCUT2D eigenvalue weighted by Gasteiger charge is 2.28. The molecule has 0 fully saturated rings. The van der Waals surface area contributed by atoms with Crippen molar-refractivity contribution < 1.29 is 33.7 Å². The molecule has 0 aliphatic carbocycles. The smallest absolute Gasteiger partial charge is 0.343 e. The van der Waals surface area contributed by atoms with E-state index in [0.29, 0.717) is 8.95 Å². The van der Waals surface area contributed by atoms with Crippen LogP contribution in [0.5, 0.6) is 0 Å². The van der Waals surface area contributed by atoms with Gasteiger partial charge in [-0.25, -0.2) is 9.59 Å². The monoisotopic (exact) mass is 709 g/mol. The molecule has 3 aromatic rings. The number of Topliss-reactive ketones (excluding diaryl/α,β-unsaturated/α-hetero) is 1. The highest BCUT2D eigenvalue weighted by atomic mass is 79.9. The van der Waals surface area contributed by atoms with Crippen LogP contribution in [0.4, 0.5) is 11.4 Å². The van der Waals surface area contributed by atoms with E-state index in [4.69, 9.17) is 9.47 Å². The second-order valence-corrected chi connectivity index (χ2v) is 10.1. The molecule has 0 saturated heterocycles. The molecule has 0 saturated carbocycles. The van der Waals surface area contributed by atoms with Crippen LogP contribution in [-0.4, -0.2) is 70.0 Å². The Morgan fingerprint density at radius 3 is 2.05 bits per heavy atom. The summed E-state index contributed by atoms with van der Waals surface area (Å²) in [5.74, 6) is -2.15. The second kappa shape index (κ2) is 15.5.